The molecule has 0 aromatic carbocycles. The van der Waals surface area contributed by atoms with Gasteiger partial charge in [0, 0.05) is 7.11 Å². The lowest BCUT2D eigenvalue weighted by Crippen LogP contribution is -2.29. The molecular formula is C6H13NO2. The van der Waals surface area contributed by atoms with Crippen molar-refractivity contribution in [2.24, 2.45) is 5.73 Å². The van der Waals surface area contributed by atoms with Gasteiger partial charge in [-0.2, -0.15) is 0 Å². The first-order chi connectivity index (χ1) is 4.22. The molecule has 1 amide bonds. The third kappa shape index (κ3) is 3.08. The average molecular weight is 131 g/mol. The Hall–Kier alpha value is -0.570. The number of carbonyl (C=O) groups is 1. The van der Waals surface area contributed by atoms with E-state index in [9.17, 15) is 4.79 Å². The summed E-state index contributed by atoms with van der Waals surface area (Å²) in [4.78, 5) is 10.4. The van der Waals surface area contributed by atoms with E-state index in [0.29, 0.717) is 6.42 Å². The van der Waals surface area contributed by atoms with Crippen LogP contribution in [0, 0.1) is 0 Å². The first kappa shape index (κ1) is 8.43. The SMILES string of the molecule is CCC[C@@H](OC)C(N)=O. The van der Waals surface area contributed by atoms with E-state index in [0.717, 1.165) is 6.42 Å². The standard InChI is InChI=1S/C6H13NO2/c1-3-4-5(9-2)6(7)8/h5H,3-4H2,1-2H3,(H2,7,8)/t5-/m1/s1. The highest BCUT2D eigenvalue weighted by atomic mass is 16.5. The van der Waals surface area contributed by atoms with Crippen molar-refractivity contribution in [3.8, 4) is 0 Å². The molecule has 0 rings (SSSR count). The molecule has 1 atom stereocenters. The van der Waals surface area contributed by atoms with E-state index >= 15 is 0 Å². The average Bonchev–Trinajstić information content (AvgIpc) is 1.82. The minimum absolute atomic E-state index is 0.376. The van der Waals surface area contributed by atoms with Crippen molar-refractivity contribution in [3.63, 3.8) is 0 Å². The van der Waals surface area contributed by atoms with Crippen molar-refractivity contribution in [1.29, 1.82) is 0 Å². The van der Waals surface area contributed by atoms with Crippen LogP contribution in [0.4, 0.5) is 0 Å². The fourth-order valence-electron chi connectivity index (χ4n) is 0.638. The Morgan fingerprint density at radius 1 is 1.78 bits per heavy atom. The maximum atomic E-state index is 10.4. The summed E-state index contributed by atoms with van der Waals surface area (Å²) in [5.74, 6) is -0.376. The van der Waals surface area contributed by atoms with Crippen LogP contribution in [0.15, 0.2) is 0 Å². The molecule has 0 heterocycles. The lowest BCUT2D eigenvalue weighted by Gasteiger charge is -2.07. The first-order valence-electron chi connectivity index (χ1n) is 3.04. The summed E-state index contributed by atoms with van der Waals surface area (Å²) in [5, 5.41) is 0. The number of hydrogen-bond donors (Lipinski definition) is 1. The lowest BCUT2D eigenvalue weighted by atomic mass is 10.2. The van der Waals surface area contributed by atoms with Crippen LogP contribution in [-0.2, 0) is 9.53 Å². The smallest absolute Gasteiger partial charge is 0.246 e. The number of rotatable bonds is 4. The minimum Gasteiger partial charge on any atom is -0.372 e. The summed E-state index contributed by atoms with van der Waals surface area (Å²) in [6.45, 7) is 1.98. The van der Waals surface area contributed by atoms with Crippen molar-refractivity contribution in [1.82, 2.24) is 0 Å². The molecule has 2 N–H and O–H groups in total. The zero-order valence-electron chi connectivity index (χ0n) is 5.89. The van der Waals surface area contributed by atoms with E-state index in [1.807, 2.05) is 6.92 Å². The zero-order chi connectivity index (χ0) is 7.28. The molecule has 0 fully saturated rings. The van der Waals surface area contributed by atoms with Crippen LogP contribution < -0.4 is 5.73 Å². The minimum atomic E-state index is -0.394. The maximum absolute atomic E-state index is 10.4. The number of carbonyl (C=O) groups excluding carboxylic acids is 1. The summed E-state index contributed by atoms with van der Waals surface area (Å²) >= 11 is 0. The molecule has 54 valence electrons. The van der Waals surface area contributed by atoms with Crippen LogP contribution >= 0.6 is 0 Å². The molecule has 9 heavy (non-hydrogen) atoms. The summed E-state index contributed by atoms with van der Waals surface area (Å²) in [7, 11) is 1.49. The number of hydrogen-bond acceptors (Lipinski definition) is 2. The number of nitrogens with two attached hydrogens (primary N) is 1. The third-order valence-electron chi connectivity index (χ3n) is 1.15. The molecule has 0 unspecified atom stereocenters. The molecule has 3 heteroatoms. The normalized spacial score (nSPS) is 13.1. The molecule has 0 aliphatic rings. The largest absolute Gasteiger partial charge is 0.372 e. The van der Waals surface area contributed by atoms with Gasteiger partial charge in [-0.15, -0.1) is 0 Å². The van der Waals surface area contributed by atoms with Gasteiger partial charge in [0.1, 0.15) is 6.10 Å². The van der Waals surface area contributed by atoms with Crippen LogP contribution in [0.25, 0.3) is 0 Å². The van der Waals surface area contributed by atoms with Crippen molar-refractivity contribution >= 4 is 5.91 Å². The van der Waals surface area contributed by atoms with Crippen LogP contribution in [0.2, 0.25) is 0 Å². The molecule has 0 saturated heterocycles. The van der Waals surface area contributed by atoms with Gasteiger partial charge in [0.05, 0.1) is 0 Å². The lowest BCUT2D eigenvalue weighted by molar-refractivity contribution is -0.128. The Labute approximate surface area is 55.2 Å². The molecule has 0 saturated carbocycles. The van der Waals surface area contributed by atoms with E-state index in [1.165, 1.54) is 7.11 Å². The highest BCUT2D eigenvalue weighted by Crippen LogP contribution is 1.98. The highest BCUT2D eigenvalue weighted by Gasteiger charge is 2.10. The fraction of sp³-hybridized carbons (Fsp3) is 0.833. The van der Waals surface area contributed by atoms with Gasteiger partial charge in [-0.3, -0.25) is 4.79 Å². The van der Waals surface area contributed by atoms with Gasteiger partial charge in [0.25, 0.3) is 0 Å². The molecule has 0 aromatic rings. The van der Waals surface area contributed by atoms with Gasteiger partial charge in [0.2, 0.25) is 5.91 Å². The van der Waals surface area contributed by atoms with Gasteiger partial charge in [-0.25, -0.2) is 0 Å². The second-order valence-corrected chi connectivity index (χ2v) is 1.92. The van der Waals surface area contributed by atoms with Gasteiger partial charge in [-0.1, -0.05) is 13.3 Å². The first-order valence-corrected chi connectivity index (χ1v) is 3.04. The second-order valence-electron chi connectivity index (χ2n) is 1.92. The summed E-state index contributed by atoms with van der Waals surface area (Å²) in [6, 6.07) is 0. The maximum Gasteiger partial charge on any atom is 0.246 e. The zero-order valence-corrected chi connectivity index (χ0v) is 5.89. The van der Waals surface area contributed by atoms with Crippen molar-refractivity contribution in [2.75, 3.05) is 7.11 Å². The molecule has 0 aliphatic heterocycles. The van der Waals surface area contributed by atoms with Gasteiger partial charge >= 0.3 is 0 Å². The monoisotopic (exact) mass is 131 g/mol. The van der Waals surface area contributed by atoms with E-state index in [2.05, 4.69) is 0 Å². The quantitative estimate of drug-likeness (QED) is 0.596. The van der Waals surface area contributed by atoms with Crippen molar-refractivity contribution < 1.29 is 9.53 Å². The fourth-order valence-corrected chi connectivity index (χ4v) is 0.638. The van der Waals surface area contributed by atoms with E-state index in [1.54, 1.807) is 0 Å². The van der Waals surface area contributed by atoms with E-state index in [4.69, 9.17) is 10.5 Å². The third-order valence-corrected chi connectivity index (χ3v) is 1.15. The molecule has 0 aromatic heterocycles. The number of amides is 1. The van der Waals surface area contributed by atoms with Crippen LogP contribution in [0.3, 0.4) is 0 Å². The predicted octanol–water partition coefficient (Wildman–Crippen LogP) is 0.287. The topological polar surface area (TPSA) is 52.3 Å². The Morgan fingerprint density at radius 2 is 2.33 bits per heavy atom. The summed E-state index contributed by atoms with van der Waals surface area (Å²) < 4.78 is 4.78. The Kier molecular flexibility index (Phi) is 4.05. The van der Waals surface area contributed by atoms with Gasteiger partial charge in [-0.05, 0) is 6.42 Å². The van der Waals surface area contributed by atoms with Crippen LogP contribution in [-0.4, -0.2) is 19.1 Å². The molecule has 0 spiro atoms. The summed E-state index contributed by atoms with van der Waals surface area (Å²) in [5.41, 5.74) is 4.97. The molecular weight excluding hydrogens is 118 g/mol. The molecule has 3 nitrogen and oxygen atoms in total. The highest BCUT2D eigenvalue weighted by molar-refractivity contribution is 5.78. The number of methoxy groups -OCH3 is 1. The Balaban J connectivity index is 3.54. The predicted molar refractivity (Wildman–Crippen MR) is 34.9 cm³/mol. The van der Waals surface area contributed by atoms with Gasteiger partial charge in [0.15, 0.2) is 0 Å². The Bertz CT molecular complexity index is 93.1. The van der Waals surface area contributed by atoms with Crippen LogP contribution in [0.1, 0.15) is 19.8 Å². The van der Waals surface area contributed by atoms with Gasteiger partial charge < -0.3 is 10.5 Å². The number of primary amides is 1. The van der Waals surface area contributed by atoms with E-state index < -0.39 is 6.10 Å². The Morgan fingerprint density at radius 3 is 2.44 bits per heavy atom. The molecule has 0 radical (unpaired) electrons. The molecule has 0 bridgehead atoms. The number of ether oxygens (including phenoxy) is 1. The van der Waals surface area contributed by atoms with Crippen LogP contribution in [0.5, 0.6) is 0 Å². The second kappa shape index (κ2) is 4.32. The van der Waals surface area contributed by atoms with Crippen molar-refractivity contribution in [2.45, 2.75) is 25.9 Å². The molecule has 0 aliphatic carbocycles. The van der Waals surface area contributed by atoms with Crippen molar-refractivity contribution in [3.05, 3.63) is 0 Å². The summed E-state index contributed by atoms with van der Waals surface area (Å²) in [6.07, 6.45) is 1.24. The van der Waals surface area contributed by atoms with E-state index in [-0.39, 0.29) is 5.91 Å².